The normalized spacial score (nSPS) is 14.6. The Hall–Kier alpha value is -7.65. The number of aromatic nitrogens is 3. The number of nitrogens with one attached hydrogen (secondary N) is 3. The van der Waals surface area contributed by atoms with Crippen LogP contribution in [0.3, 0.4) is 0 Å². The van der Waals surface area contributed by atoms with E-state index < -0.39 is 98.1 Å². The molecule has 332 valence electrons. The predicted octanol–water partition coefficient (Wildman–Crippen LogP) is 4.24. The highest BCUT2D eigenvalue weighted by atomic mass is 32.2. The maximum absolute atomic E-state index is 14.6. The lowest BCUT2D eigenvalue weighted by molar-refractivity contribution is 0.0697. The van der Waals surface area contributed by atoms with Crippen LogP contribution in [0.1, 0.15) is 47.8 Å². The zero-order valence-corrected chi connectivity index (χ0v) is 35.1. The van der Waals surface area contributed by atoms with Crippen molar-refractivity contribution in [2.24, 2.45) is 0 Å². The molecule has 0 saturated carbocycles. The molecular formula is C40H29N7O15S3. The summed E-state index contributed by atoms with van der Waals surface area (Å²) in [5.74, 6) is -4.04. The third-order valence-corrected chi connectivity index (χ3v) is 12.8. The summed E-state index contributed by atoms with van der Waals surface area (Å²) in [7, 11) is -14.2. The van der Waals surface area contributed by atoms with E-state index in [-0.39, 0.29) is 61.6 Å². The largest absolute Gasteiger partial charge is 0.479 e. The lowest BCUT2D eigenvalue weighted by atomic mass is 9.74. The Morgan fingerprint density at radius 2 is 1.25 bits per heavy atom. The molecule has 0 saturated heterocycles. The highest BCUT2D eigenvalue weighted by molar-refractivity contribution is 7.87. The van der Waals surface area contributed by atoms with Crippen molar-refractivity contribution >= 4 is 93.8 Å². The Morgan fingerprint density at radius 1 is 0.646 bits per heavy atom. The number of aromatic carboxylic acids is 1. The van der Waals surface area contributed by atoms with Gasteiger partial charge in [-0.2, -0.15) is 40.2 Å². The summed E-state index contributed by atoms with van der Waals surface area (Å²) in [5.41, 5.74) is -2.19. The van der Waals surface area contributed by atoms with Crippen LogP contribution in [0.4, 0.5) is 40.3 Å². The SMILES string of the molecule is CN1c2ccc(Nc3cc(Nc4nc(O)nc(Nc5ccccc5C(=O)O)n4)c(S(=O)(=O)O)cc3S(=O)(=O)O)c3c2C(=C(C(=O)c2cccc(S(=O)(=O)O)c2)C1O)c1ccccc1C3=O. The molecule has 5 aromatic carbocycles. The number of rotatable bonds is 12. The zero-order chi connectivity index (χ0) is 46.9. The average Bonchev–Trinajstić information content (AvgIpc) is 3.23. The first-order chi connectivity index (χ1) is 30.5. The van der Waals surface area contributed by atoms with Crippen LogP contribution >= 0.6 is 0 Å². The van der Waals surface area contributed by atoms with Crippen molar-refractivity contribution in [3.8, 4) is 6.01 Å². The van der Waals surface area contributed by atoms with E-state index in [4.69, 9.17) is 0 Å². The third kappa shape index (κ3) is 8.10. The van der Waals surface area contributed by atoms with Crippen molar-refractivity contribution in [2.75, 3.05) is 27.9 Å². The number of carboxylic acids is 1. The van der Waals surface area contributed by atoms with Gasteiger partial charge < -0.3 is 36.2 Å². The maximum atomic E-state index is 14.6. The molecule has 1 aliphatic carbocycles. The molecule has 1 unspecified atom stereocenters. The van der Waals surface area contributed by atoms with Crippen molar-refractivity contribution in [3.05, 3.63) is 136 Å². The van der Waals surface area contributed by atoms with Gasteiger partial charge in [0.2, 0.25) is 11.9 Å². The van der Waals surface area contributed by atoms with E-state index in [1.165, 1.54) is 78.7 Å². The zero-order valence-electron chi connectivity index (χ0n) is 32.7. The second-order valence-corrected chi connectivity index (χ2v) is 18.4. The molecule has 0 bridgehead atoms. The number of hydrogen-bond donors (Lipinski definition) is 9. The highest BCUT2D eigenvalue weighted by Gasteiger charge is 2.42. The first-order valence-electron chi connectivity index (χ1n) is 18.3. The van der Waals surface area contributed by atoms with Crippen LogP contribution in [-0.2, 0) is 30.4 Å². The fraction of sp³-hybridized carbons (Fsp3) is 0.0500. The van der Waals surface area contributed by atoms with Crippen LogP contribution in [-0.4, -0.2) is 100.0 Å². The van der Waals surface area contributed by atoms with Gasteiger partial charge >= 0.3 is 12.0 Å². The van der Waals surface area contributed by atoms with E-state index in [1.807, 2.05) is 0 Å². The monoisotopic (exact) mass is 943 g/mol. The number of carbonyl (C=O) groups is 3. The van der Waals surface area contributed by atoms with Gasteiger partial charge in [-0.15, -0.1) is 0 Å². The van der Waals surface area contributed by atoms with E-state index in [0.717, 1.165) is 18.2 Å². The molecule has 9 N–H and O–H groups in total. The summed E-state index contributed by atoms with van der Waals surface area (Å²) < 4.78 is 106. The standard InChI is InChI=1S/C40H29N7O15S3/c1-47-27-14-13-24(31-32(27)30(20-9-2-3-10-21(20)35(31)49)33(36(47)50)34(48)18-7-6-8-19(15-18)63(54,55)56)41-25-16-26(29(65(60,61)62)17-28(25)64(57,58)59)43-39-44-38(45-40(53)46-39)42-23-12-5-4-11-22(23)37(51)52/h2-17,36,41,50H,1H3,(H,51,52)(H,54,55,56)(H,57,58,59)(H,60,61,62)(H3,42,43,44,45,46,53). The summed E-state index contributed by atoms with van der Waals surface area (Å²) in [6.07, 6.45) is -1.71. The van der Waals surface area contributed by atoms with Gasteiger partial charge in [-0.1, -0.05) is 48.5 Å². The minimum Gasteiger partial charge on any atom is -0.479 e. The average molecular weight is 944 g/mol. The number of benzene rings is 5. The number of likely N-dealkylation sites (N-methyl/N-ethyl adjacent to an activating group) is 1. The molecule has 2 aliphatic rings. The fourth-order valence-electron chi connectivity index (χ4n) is 7.39. The Bertz CT molecular complexity index is 3470. The molecule has 65 heavy (non-hydrogen) atoms. The van der Waals surface area contributed by atoms with Gasteiger partial charge in [-0.3, -0.25) is 23.2 Å². The van der Waals surface area contributed by atoms with Crippen molar-refractivity contribution in [1.29, 1.82) is 0 Å². The van der Waals surface area contributed by atoms with Crippen molar-refractivity contribution in [2.45, 2.75) is 20.9 Å². The molecule has 0 amide bonds. The number of nitrogens with zero attached hydrogens (tertiary/aromatic N) is 4. The molecule has 2 heterocycles. The predicted molar refractivity (Wildman–Crippen MR) is 228 cm³/mol. The molecule has 0 radical (unpaired) electrons. The molecule has 1 atom stereocenters. The molecule has 8 rings (SSSR count). The van der Waals surface area contributed by atoms with Crippen LogP contribution in [0.15, 0.2) is 117 Å². The lowest BCUT2D eigenvalue weighted by Gasteiger charge is -2.39. The van der Waals surface area contributed by atoms with Crippen LogP contribution in [0.25, 0.3) is 5.57 Å². The number of carbonyl (C=O) groups excluding carboxylic acids is 2. The smallest absolute Gasteiger partial charge is 0.337 e. The van der Waals surface area contributed by atoms with Crippen LogP contribution in [0, 0.1) is 0 Å². The molecule has 1 aromatic heterocycles. The molecule has 1 aliphatic heterocycles. The van der Waals surface area contributed by atoms with E-state index >= 15 is 0 Å². The Balaban J connectivity index is 1.30. The molecule has 0 spiro atoms. The minimum absolute atomic E-state index is 0.00643. The van der Waals surface area contributed by atoms with Gasteiger partial charge in [0.15, 0.2) is 17.8 Å². The minimum atomic E-state index is -5.41. The Morgan fingerprint density at radius 3 is 1.88 bits per heavy atom. The van der Waals surface area contributed by atoms with Gasteiger partial charge in [-0.05, 0) is 54.1 Å². The topological polar surface area (TPSA) is 353 Å². The first-order valence-corrected chi connectivity index (χ1v) is 22.6. The summed E-state index contributed by atoms with van der Waals surface area (Å²) in [5, 5.41) is 39.4. The van der Waals surface area contributed by atoms with Crippen LogP contribution < -0.4 is 20.9 Å². The number of aliphatic hydroxyl groups excluding tert-OH is 1. The molecule has 25 heteroatoms. The van der Waals surface area contributed by atoms with Gasteiger partial charge in [0, 0.05) is 35.0 Å². The summed E-state index contributed by atoms with van der Waals surface area (Å²) in [6.45, 7) is 0. The van der Waals surface area contributed by atoms with Crippen molar-refractivity contribution in [3.63, 3.8) is 0 Å². The Labute approximate surface area is 366 Å². The van der Waals surface area contributed by atoms with Crippen molar-refractivity contribution < 1.29 is 68.6 Å². The van der Waals surface area contributed by atoms with Crippen LogP contribution in [0.2, 0.25) is 0 Å². The first kappa shape index (κ1) is 44.0. The van der Waals surface area contributed by atoms with Crippen LogP contribution in [0.5, 0.6) is 6.01 Å². The number of aromatic hydroxyl groups is 1. The van der Waals surface area contributed by atoms with E-state index in [2.05, 4.69) is 30.9 Å². The van der Waals surface area contributed by atoms with Crippen molar-refractivity contribution in [1.82, 2.24) is 15.0 Å². The molecule has 22 nitrogen and oxygen atoms in total. The number of aliphatic hydroxyl groups is 1. The van der Waals surface area contributed by atoms with E-state index in [0.29, 0.717) is 6.07 Å². The number of Topliss-reactive ketones (excluding diaryl/α,β-unsaturated/α-hetero) is 1. The summed E-state index contributed by atoms with van der Waals surface area (Å²) in [6, 6.07) is 18.7. The second-order valence-electron chi connectivity index (χ2n) is 14.2. The number of ketones is 2. The third-order valence-electron chi connectivity index (χ3n) is 10.2. The van der Waals surface area contributed by atoms with E-state index in [1.54, 1.807) is 6.07 Å². The quantitative estimate of drug-likeness (QED) is 0.0610. The van der Waals surface area contributed by atoms with Gasteiger partial charge in [-0.25, -0.2) is 4.79 Å². The number of anilines is 7. The van der Waals surface area contributed by atoms with Gasteiger partial charge in [0.1, 0.15) is 9.79 Å². The number of carboxylic acid groups (broad SMARTS) is 1. The molecule has 6 aromatic rings. The fourth-order valence-corrected chi connectivity index (χ4v) is 9.30. The maximum Gasteiger partial charge on any atom is 0.337 e. The summed E-state index contributed by atoms with van der Waals surface area (Å²) in [4.78, 5) is 50.5. The second kappa shape index (κ2) is 15.9. The molecule has 0 fully saturated rings. The van der Waals surface area contributed by atoms with Gasteiger partial charge in [0.05, 0.1) is 44.3 Å². The van der Waals surface area contributed by atoms with E-state index in [9.17, 15) is 68.6 Å². The molecular weight excluding hydrogens is 915 g/mol. The summed E-state index contributed by atoms with van der Waals surface area (Å²) >= 11 is 0. The Kier molecular flexibility index (Phi) is 10.7. The number of hydrogen-bond acceptors (Lipinski definition) is 18. The number of para-hydroxylation sites is 1. The highest BCUT2D eigenvalue weighted by Crippen LogP contribution is 2.50. The van der Waals surface area contributed by atoms with Gasteiger partial charge in [0.25, 0.3) is 30.4 Å². The lowest BCUT2D eigenvalue weighted by Crippen LogP contribution is -2.41. The number of fused-ring (bicyclic) bond motifs is 2.